The van der Waals surface area contributed by atoms with Crippen molar-refractivity contribution in [2.75, 3.05) is 13.1 Å². The molecule has 2 heterocycles. The summed E-state index contributed by atoms with van der Waals surface area (Å²) in [6, 6.07) is 5.51. The third kappa shape index (κ3) is 2.97. The van der Waals surface area contributed by atoms with Crippen LogP contribution in [0.5, 0.6) is 0 Å². The Kier molecular flexibility index (Phi) is 4.25. The van der Waals surface area contributed by atoms with Crippen LogP contribution in [-0.2, 0) is 9.31 Å². The largest absolute Gasteiger partial charge is 0.495 e. The van der Waals surface area contributed by atoms with Crippen LogP contribution in [0, 0.1) is 6.92 Å². The molecule has 1 atom stereocenters. The third-order valence-electron chi connectivity index (χ3n) is 5.45. The van der Waals surface area contributed by atoms with Gasteiger partial charge in [0.1, 0.15) is 6.17 Å². The van der Waals surface area contributed by atoms with E-state index in [0.29, 0.717) is 18.5 Å². The van der Waals surface area contributed by atoms with E-state index in [9.17, 15) is 9.18 Å². The maximum atomic E-state index is 13.4. The number of rotatable bonds is 2. The average molecular weight is 333 g/mol. The van der Waals surface area contributed by atoms with E-state index in [2.05, 4.69) is 0 Å². The molecule has 2 fully saturated rings. The molecule has 0 N–H and O–H groups in total. The summed E-state index contributed by atoms with van der Waals surface area (Å²) >= 11 is 0. The van der Waals surface area contributed by atoms with Gasteiger partial charge in [0.2, 0.25) is 0 Å². The first-order valence-corrected chi connectivity index (χ1v) is 8.50. The highest BCUT2D eigenvalue weighted by atomic mass is 19.1. The first-order valence-electron chi connectivity index (χ1n) is 8.50. The Balaban J connectivity index is 1.86. The van der Waals surface area contributed by atoms with Gasteiger partial charge in [0.25, 0.3) is 5.91 Å². The predicted octanol–water partition coefficient (Wildman–Crippen LogP) is 2.48. The number of halogens is 1. The number of benzene rings is 1. The molecule has 2 aliphatic heterocycles. The summed E-state index contributed by atoms with van der Waals surface area (Å²) in [6.07, 6.45) is -0.497. The predicted molar refractivity (Wildman–Crippen MR) is 92.3 cm³/mol. The van der Waals surface area contributed by atoms with Crippen molar-refractivity contribution in [2.24, 2.45) is 0 Å². The minimum atomic E-state index is -0.915. The summed E-state index contributed by atoms with van der Waals surface area (Å²) in [7, 11) is -0.504. The number of likely N-dealkylation sites (tertiary alicyclic amines) is 1. The highest BCUT2D eigenvalue weighted by molar-refractivity contribution is 6.62. The molecule has 1 amide bonds. The molecule has 2 saturated heterocycles. The van der Waals surface area contributed by atoms with Crippen molar-refractivity contribution in [3.63, 3.8) is 0 Å². The summed E-state index contributed by atoms with van der Waals surface area (Å²) < 4.78 is 25.6. The molecule has 6 heteroatoms. The van der Waals surface area contributed by atoms with Gasteiger partial charge in [-0.25, -0.2) is 4.39 Å². The molecular weight excluding hydrogens is 308 g/mol. The van der Waals surface area contributed by atoms with Crippen LogP contribution < -0.4 is 5.46 Å². The molecule has 0 aliphatic carbocycles. The second-order valence-corrected chi connectivity index (χ2v) is 7.80. The quantitative estimate of drug-likeness (QED) is 0.781. The van der Waals surface area contributed by atoms with Crippen molar-refractivity contribution in [2.45, 2.75) is 58.4 Å². The fraction of sp³-hybridized carbons (Fsp3) is 0.611. The Morgan fingerprint density at radius 3 is 2.42 bits per heavy atom. The van der Waals surface area contributed by atoms with Crippen molar-refractivity contribution in [3.05, 3.63) is 29.3 Å². The fourth-order valence-electron chi connectivity index (χ4n) is 3.08. The van der Waals surface area contributed by atoms with E-state index >= 15 is 0 Å². The lowest BCUT2D eigenvalue weighted by atomic mass is 9.75. The van der Waals surface area contributed by atoms with Gasteiger partial charge in [-0.1, -0.05) is 11.6 Å². The summed E-state index contributed by atoms with van der Waals surface area (Å²) in [5, 5.41) is 0. The molecular formula is C18H25BFNO3. The van der Waals surface area contributed by atoms with Gasteiger partial charge in [0.15, 0.2) is 0 Å². The average Bonchev–Trinajstić information content (AvgIpc) is 3.00. The first kappa shape index (κ1) is 17.4. The number of carbonyl (C=O) groups is 1. The third-order valence-corrected chi connectivity index (χ3v) is 5.45. The molecule has 1 unspecified atom stereocenters. The van der Waals surface area contributed by atoms with Crippen LogP contribution in [0.4, 0.5) is 4.39 Å². The van der Waals surface area contributed by atoms with Gasteiger partial charge in [-0.05, 0) is 58.6 Å². The molecule has 0 radical (unpaired) electrons. The Morgan fingerprint density at radius 1 is 1.25 bits per heavy atom. The van der Waals surface area contributed by atoms with E-state index in [1.807, 2.05) is 46.8 Å². The maximum Gasteiger partial charge on any atom is 0.495 e. The number of carbonyl (C=O) groups excluding carboxylic acids is 1. The van der Waals surface area contributed by atoms with E-state index in [1.54, 1.807) is 11.0 Å². The fourth-order valence-corrected chi connectivity index (χ4v) is 3.08. The standard InChI is InChI=1S/C18H25BFNO3/c1-12-6-7-13(16(22)21-9-8-14(20)11-21)10-15(12)19-23-17(2,3)18(4,5)24-19/h6-7,10,14H,8-9,11H2,1-5H3. The van der Waals surface area contributed by atoms with Crippen molar-refractivity contribution in [1.82, 2.24) is 4.90 Å². The summed E-state index contributed by atoms with van der Waals surface area (Å²) in [5.41, 5.74) is 1.56. The number of aryl methyl sites for hydroxylation is 1. The van der Waals surface area contributed by atoms with Gasteiger partial charge in [-0.15, -0.1) is 0 Å². The lowest BCUT2D eigenvalue weighted by Gasteiger charge is -2.32. The SMILES string of the molecule is Cc1ccc(C(=O)N2CCC(F)C2)cc1B1OC(C)(C)C(C)(C)O1. The number of hydrogen-bond donors (Lipinski definition) is 0. The van der Waals surface area contributed by atoms with Crippen LogP contribution in [0.1, 0.15) is 50.0 Å². The van der Waals surface area contributed by atoms with E-state index in [1.165, 1.54) is 0 Å². The van der Waals surface area contributed by atoms with E-state index in [4.69, 9.17) is 9.31 Å². The first-order chi connectivity index (χ1) is 11.1. The monoisotopic (exact) mass is 333 g/mol. The zero-order chi connectivity index (χ0) is 17.7. The second kappa shape index (κ2) is 5.85. The molecule has 24 heavy (non-hydrogen) atoms. The molecule has 0 saturated carbocycles. The topological polar surface area (TPSA) is 38.8 Å². The highest BCUT2D eigenvalue weighted by Gasteiger charge is 2.52. The van der Waals surface area contributed by atoms with Crippen molar-refractivity contribution in [1.29, 1.82) is 0 Å². The lowest BCUT2D eigenvalue weighted by molar-refractivity contribution is 0.00578. The van der Waals surface area contributed by atoms with Crippen LogP contribution in [0.2, 0.25) is 0 Å². The Labute approximate surface area is 143 Å². The Bertz CT molecular complexity index is 646. The normalized spacial score (nSPS) is 25.3. The Morgan fingerprint density at radius 2 is 1.88 bits per heavy atom. The number of hydrogen-bond acceptors (Lipinski definition) is 3. The van der Waals surface area contributed by atoms with Crippen molar-refractivity contribution in [3.8, 4) is 0 Å². The summed E-state index contributed by atoms with van der Waals surface area (Å²) in [4.78, 5) is 14.2. The van der Waals surface area contributed by atoms with Crippen LogP contribution in [-0.4, -0.2) is 48.4 Å². The van der Waals surface area contributed by atoms with Crippen LogP contribution in [0.15, 0.2) is 18.2 Å². The van der Waals surface area contributed by atoms with Gasteiger partial charge in [0, 0.05) is 12.1 Å². The Hall–Kier alpha value is -1.40. The number of amides is 1. The van der Waals surface area contributed by atoms with Gasteiger partial charge >= 0.3 is 7.12 Å². The molecule has 1 aromatic rings. The summed E-state index contributed by atoms with van der Waals surface area (Å²) in [5.74, 6) is -0.132. The molecule has 0 aromatic heterocycles. The number of alkyl halides is 1. The zero-order valence-electron chi connectivity index (χ0n) is 15.1. The van der Waals surface area contributed by atoms with Gasteiger partial charge in [-0.3, -0.25) is 4.79 Å². The minimum Gasteiger partial charge on any atom is -0.399 e. The molecule has 1 aromatic carbocycles. The van der Waals surface area contributed by atoms with Gasteiger partial charge < -0.3 is 14.2 Å². The minimum absolute atomic E-state index is 0.132. The van der Waals surface area contributed by atoms with Crippen LogP contribution in [0.25, 0.3) is 0 Å². The van der Waals surface area contributed by atoms with Crippen LogP contribution >= 0.6 is 0 Å². The van der Waals surface area contributed by atoms with Crippen LogP contribution in [0.3, 0.4) is 0 Å². The maximum absolute atomic E-state index is 13.4. The molecule has 2 aliphatic rings. The van der Waals surface area contributed by atoms with Crippen molar-refractivity contribution >= 4 is 18.5 Å². The number of nitrogens with zero attached hydrogens (tertiary/aromatic N) is 1. The van der Waals surface area contributed by atoms with Crippen molar-refractivity contribution < 1.29 is 18.5 Å². The van der Waals surface area contributed by atoms with Gasteiger partial charge in [-0.2, -0.15) is 0 Å². The molecule has 130 valence electrons. The summed E-state index contributed by atoms with van der Waals surface area (Å²) in [6.45, 7) is 10.6. The second-order valence-electron chi connectivity index (χ2n) is 7.80. The lowest BCUT2D eigenvalue weighted by Crippen LogP contribution is -2.41. The smallest absolute Gasteiger partial charge is 0.399 e. The molecule has 4 nitrogen and oxygen atoms in total. The zero-order valence-corrected chi connectivity index (χ0v) is 15.1. The highest BCUT2D eigenvalue weighted by Crippen LogP contribution is 2.36. The molecule has 0 spiro atoms. The van der Waals surface area contributed by atoms with Gasteiger partial charge in [0.05, 0.1) is 17.7 Å². The van der Waals surface area contributed by atoms with E-state index in [0.717, 1.165) is 11.0 Å². The van der Waals surface area contributed by atoms with E-state index < -0.39 is 24.5 Å². The molecule has 0 bridgehead atoms. The molecule has 3 rings (SSSR count). The van der Waals surface area contributed by atoms with E-state index in [-0.39, 0.29) is 12.5 Å².